The number of thiazole rings is 1. The van der Waals surface area contributed by atoms with Crippen LogP contribution in [0.2, 0.25) is 0 Å². The van der Waals surface area contributed by atoms with Gasteiger partial charge in [-0.15, -0.1) is 0 Å². The number of ether oxygens (including phenoxy) is 1. The van der Waals surface area contributed by atoms with E-state index in [9.17, 15) is 17.6 Å². The van der Waals surface area contributed by atoms with E-state index in [-0.39, 0.29) is 16.3 Å². The summed E-state index contributed by atoms with van der Waals surface area (Å²) in [5, 5.41) is 0. The Morgan fingerprint density at radius 1 is 1.25 bits per heavy atom. The third-order valence-corrected chi connectivity index (χ3v) is 6.22. The monoisotopic (exact) mass is 422 g/mol. The number of nitrogens with zero attached hydrogens (tertiary/aromatic N) is 2. The van der Waals surface area contributed by atoms with E-state index in [4.69, 9.17) is 4.74 Å². The molecule has 28 heavy (non-hydrogen) atoms. The van der Waals surface area contributed by atoms with Crippen LogP contribution in [0.5, 0.6) is 0 Å². The van der Waals surface area contributed by atoms with E-state index >= 15 is 0 Å². The van der Waals surface area contributed by atoms with Crippen molar-refractivity contribution in [3.63, 3.8) is 0 Å². The Bertz CT molecular complexity index is 1200. The molecule has 0 saturated carbocycles. The molecular weight excluding hydrogens is 403 g/mol. The lowest BCUT2D eigenvalue weighted by molar-refractivity contribution is 0.0993. The van der Waals surface area contributed by atoms with Crippen LogP contribution in [-0.2, 0) is 21.1 Å². The first-order chi connectivity index (χ1) is 13.3. The Morgan fingerprint density at radius 2 is 2.00 bits per heavy atom. The van der Waals surface area contributed by atoms with Crippen molar-refractivity contribution >= 4 is 37.3 Å². The first kappa shape index (κ1) is 20.4. The summed E-state index contributed by atoms with van der Waals surface area (Å²) in [5.41, 5.74) is 0.735. The maximum atomic E-state index is 13.6. The summed E-state index contributed by atoms with van der Waals surface area (Å²) < 4.78 is 45.4. The van der Waals surface area contributed by atoms with Gasteiger partial charge in [0.25, 0.3) is 5.91 Å². The fourth-order valence-electron chi connectivity index (χ4n) is 2.76. The van der Waals surface area contributed by atoms with Crippen LogP contribution in [0, 0.1) is 5.82 Å². The highest BCUT2D eigenvalue weighted by molar-refractivity contribution is 7.90. The summed E-state index contributed by atoms with van der Waals surface area (Å²) in [4.78, 5) is 17.2. The van der Waals surface area contributed by atoms with Crippen LogP contribution in [0.3, 0.4) is 0 Å². The third kappa shape index (κ3) is 4.37. The second-order valence-corrected chi connectivity index (χ2v) is 9.02. The van der Waals surface area contributed by atoms with E-state index in [1.165, 1.54) is 24.3 Å². The average molecular weight is 423 g/mol. The molecule has 0 radical (unpaired) electrons. The fraction of sp³-hybridized carbons (Fsp3) is 0.263. The molecule has 0 bridgehead atoms. The predicted molar refractivity (Wildman–Crippen MR) is 106 cm³/mol. The second kappa shape index (κ2) is 8.34. The average Bonchev–Trinajstić information content (AvgIpc) is 2.97. The number of halogens is 1. The smallest absolute Gasteiger partial charge is 0.280 e. The molecule has 1 heterocycles. The summed E-state index contributed by atoms with van der Waals surface area (Å²) in [5.74, 6) is -1.05. The highest BCUT2D eigenvalue weighted by Crippen LogP contribution is 2.20. The number of hydrogen-bond acceptors (Lipinski definition) is 5. The summed E-state index contributed by atoms with van der Waals surface area (Å²) in [6.45, 7) is 3.26. The van der Waals surface area contributed by atoms with Gasteiger partial charge in [0.15, 0.2) is 14.6 Å². The van der Waals surface area contributed by atoms with Crippen molar-refractivity contribution in [2.24, 2.45) is 4.99 Å². The van der Waals surface area contributed by atoms with Gasteiger partial charge in [0, 0.05) is 19.4 Å². The summed E-state index contributed by atoms with van der Waals surface area (Å²) in [7, 11) is -3.58. The van der Waals surface area contributed by atoms with Crippen molar-refractivity contribution < 1.29 is 22.3 Å². The van der Waals surface area contributed by atoms with Gasteiger partial charge < -0.3 is 9.30 Å². The Morgan fingerprint density at radius 3 is 2.71 bits per heavy atom. The number of hydrogen-bond donors (Lipinski definition) is 0. The quantitative estimate of drug-likeness (QED) is 0.572. The summed E-state index contributed by atoms with van der Waals surface area (Å²) in [6.07, 6.45) is 1.05. The first-order valence-electron chi connectivity index (χ1n) is 8.56. The van der Waals surface area contributed by atoms with Gasteiger partial charge in [-0.1, -0.05) is 23.5 Å². The molecule has 148 valence electrons. The van der Waals surface area contributed by atoms with Gasteiger partial charge in [0.1, 0.15) is 5.82 Å². The van der Waals surface area contributed by atoms with Crippen molar-refractivity contribution in [2.45, 2.75) is 18.4 Å². The molecule has 0 aliphatic heterocycles. The zero-order chi connectivity index (χ0) is 20.3. The topological polar surface area (TPSA) is 77.7 Å². The van der Waals surface area contributed by atoms with Crippen molar-refractivity contribution in [2.75, 3.05) is 19.5 Å². The maximum absolute atomic E-state index is 13.6. The SMILES string of the molecule is CCOCCn1c(=NC(=O)c2ccccc2S(C)(=O)=O)sc2cc(F)ccc21. The van der Waals surface area contributed by atoms with E-state index in [1.807, 2.05) is 6.92 Å². The number of carbonyl (C=O) groups excluding carboxylic acids is 1. The number of benzene rings is 2. The molecule has 3 aromatic rings. The van der Waals surface area contributed by atoms with Crippen LogP contribution in [0.25, 0.3) is 10.2 Å². The van der Waals surface area contributed by atoms with Crippen LogP contribution >= 0.6 is 11.3 Å². The Hall–Kier alpha value is -2.36. The van der Waals surface area contributed by atoms with Gasteiger partial charge >= 0.3 is 0 Å². The molecule has 0 atom stereocenters. The predicted octanol–water partition coefficient (Wildman–Crippen LogP) is 3.02. The van der Waals surface area contributed by atoms with Crippen LogP contribution < -0.4 is 4.80 Å². The minimum absolute atomic E-state index is 0.00462. The molecule has 0 aliphatic carbocycles. The Kier molecular flexibility index (Phi) is 6.07. The second-order valence-electron chi connectivity index (χ2n) is 6.03. The standard InChI is InChI=1S/C19H19FN2O4S2/c1-3-26-11-10-22-15-9-8-13(20)12-16(15)27-19(22)21-18(23)14-6-4-5-7-17(14)28(2,24)25/h4-9,12H,3,10-11H2,1-2H3. The van der Waals surface area contributed by atoms with Crippen molar-refractivity contribution in [3.05, 3.63) is 58.6 Å². The highest BCUT2D eigenvalue weighted by atomic mass is 32.2. The largest absolute Gasteiger partial charge is 0.380 e. The normalized spacial score (nSPS) is 12.6. The molecule has 1 aromatic heterocycles. The number of carbonyl (C=O) groups is 1. The summed E-state index contributed by atoms with van der Waals surface area (Å²) >= 11 is 1.16. The van der Waals surface area contributed by atoms with E-state index in [0.29, 0.717) is 29.3 Å². The molecule has 2 aromatic carbocycles. The van der Waals surface area contributed by atoms with Gasteiger partial charge in [0.2, 0.25) is 0 Å². The number of rotatable bonds is 6. The molecule has 0 unspecified atom stereocenters. The molecule has 0 spiro atoms. The van der Waals surface area contributed by atoms with Crippen LogP contribution in [0.15, 0.2) is 52.4 Å². The lowest BCUT2D eigenvalue weighted by Gasteiger charge is -2.06. The molecule has 6 nitrogen and oxygen atoms in total. The number of fused-ring (bicyclic) bond motifs is 1. The van der Waals surface area contributed by atoms with Crippen LogP contribution in [-0.4, -0.2) is 38.4 Å². The van der Waals surface area contributed by atoms with Gasteiger partial charge in [0.05, 0.1) is 27.3 Å². The zero-order valence-electron chi connectivity index (χ0n) is 15.4. The molecule has 9 heteroatoms. The maximum Gasteiger partial charge on any atom is 0.280 e. The minimum atomic E-state index is -3.58. The molecule has 0 fully saturated rings. The van der Waals surface area contributed by atoms with Crippen molar-refractivity contribution in [3.8, 4) is 0 Å². The van der Waals surface area contributed by atoms with Crippen molar-refractivity contribution in [1.29, 1.82) is 0 Å². The van der Waals surface area contributed by atoms with Gasteiger partial charge in [-0.25, -0.2) is 12.8 Å². The highest BCUT2D eigenvalue weighted by Gasteiger charge is 2.18. The number of aromatic nitrogens is 1. The Balaban J connectivity index is 2.13. The van der Waals surface area contributed by atoms with Gasteiger partial charge in [-0.2, -0.15) is 4.99 Å². The molecular formula is C19H19FN2O4S2. The van der Waals surface area contributed by atoms with E-state index < -0.39 is 15.7 Å². The van der Waals surface area contributed by atoms with E-state index in [0.717, 1.165) is 23.1 Å². The lowest BCUT2D eigenvalue weighted by atomic mass is 10.2. The lowest BCUT2D eigenvalue weighted by Crippen LogP contribution is -2.20. The molecule has 0 N–H and O–H groups in total. The summed E-state index contributed by atoms with van der Waals surface area (Å²) in [6, 6.07) is 10.3. The van der Waals surface area contributed by atoms with Crippen molar-refractivity contribution in [1.82, 2.24) is 4.57 Å². The van der Waals surface area contributed by atoms with Crippen LogP contribution in [0.4, 0.5) is 4.39 Å². The molecule has 0 aliphatic rings. The number of amides is 1. The zero-order valence-corrected chi connectivity index (χ0v) is 17.0. The molecule has 3 rings (SSSR count). The van der Waals surface area contributed by atoms with E-state index in [1.54, 1.807) is 22.8 Å². The van der Waals surface area contributed by atoms with E-state index in [2.05, 4.69) is 4.99 Å². The first-order valence-corrected chi connectivity index (χ1v) is 11.3. The molecule has 0 saturated heterocycles. The Labute approximate surface area is 165 Å². The molecule has 1 amide bonds. The van der Waals surface area contributed by atoms with Gasteiger partial charge in [-0.3, -0.25) is 4.79 Å². The fourth-order valence-corrected chi connectivity index (χ4v) is 4.72. The number of sulfone groups is 1. The van der Waals surface area contributed by atoms with Crippen LogP contribution in [0.1, 0.15) is 17.3 Å². The third-order valence-electron chi connectivity index (χ3n) is 4.02. The van der Waals surface area contributed by atoms with Gasteiger partial charge in [-0.05, 0) is 37.3 Å². The minimum Gasteiger partial charge on any atom is -0.380 e.